The first-order valence-corrected chi connectivity index (χ1v) is 7.70. The van der Waals surface area contributed by atoms with E-state index in [1.807, 2.05) is 6.07 Å². The van der Waals surface area contributed by atoms with Gasteiger partial charge in [0, 0.05) is 12.6 Å². The van der Waals surface area contributed by atoms with Gasteiger partial charge < -0.3 is 5.11 Å². The highest BCUT2D eigenvalue weighted by atomic mass is 16.4. The van der Waals surface area contributed by atoms with Crippen LogP contribution in [0, 0.1) is 5.92 Å². The predicted molar refractivity (Wildman–Crippen MR) is 78.5 cm³/mol. The van der Waals surface area contributed by atoms with Gasteiger partial charge in [0.15, 0.2) is 0 Å². The van der Waals surface area contributed by atoms with Crippen LogP contribution in [0.25, 0.3) is 0 Å². The molecule has 1 aromatic rings. The largest absolute Gasteiger partial charge is 0.480 e. The van der Waals surface area contributed by atoms with Crippen LogP contribution in [0.1, 0.15) is 43.7 Å². The summed E-state index contributed by atoms with van der Waals surface area (Å²) in [6, 6.07) is 8.39. The third kappa shape index (κ3) is 2.59. The molecule has 1 aromatic carbocycles. The highest BCUT2D eigenvalue weighted by Crippen LogP contribution is 2.33. The van der Waals surface area contributed by atoms with Gasteiger partial charge in [-0.15, -0.1) is 0 Å². The number of aliphatic carboxylic acids is 1. The lowest BCUT2D eigenvalue weighted by Crippen LogP contribution is -2.51. The lowest BCUT2D eigenvalue weighted by atomic mass is 9.84. The highest BCUT2D eigenvalue weighted by molar-refractivity contribution is 5.74. The molecule has 108 valence electrons. The minimum absolute atomic E-state index is 0.344. The summed E-state index contributed by atoms with van der Waals surface area (Å²) in [5.74, 6) is 0.129. The predicted octanol–water partition coefficient (Wildman–Crippen LogP) is 3.08. The van der Waals surface area contributed by atoms with Crippen molar-refractivity contribution in [3.63, 3.8) is 0 Å². The minimum atomic E-state index is -0.668. The first-order valence-electron chi connectivity index (χ1n) is 7.70. The molecule has 0 saturated heterocycles. The third-order valence-corrected chi connectivity index (χ3v) is 5.02. The molecule has 1 aliphatic carbocycles. The van der Waals surface area contributed by atoms with E-state index in [-0.39, 0.29) is 6.04 Å². The zero-order valence-corrected chi connectivity index (χ0v) is 12.1. The lowest BCUT2D eigenvalue weighted by Gasteiger charge is -2.42. The fourth-order valence-corrected chi connectivity index (χ4v) is 3.73. The van der Waals surface area contributed by atoms with E-state index in [9.17, 15) is 9.90 Å². The van der Waals surface area contributed by atoms with E-state index < -0.39 is 5.97 Å². The number of fused-ring (bicyclic) bond motifs is 1. The maximum atomic E-state index is 11.6. The van der Waals surface area contributed by atoms with Crippen LogP contribution in [0.3, 0.4) is 0 Å². The second-order valence-electron chi connectivity index (χ2n) is 6.41. The summed E-state index contributed by atoms with van der Waals surface area (Å²) in [7, 11) is 0. The van der Waals surface area contributed by atoms with Gasteiger partial charge in [0.1, 0.15) is 6.04 Å². The number of benzene rings is 1. The average molecular weight is 273 g/mol. The zero-order chi connectivity index (χ0) is 14.1. The van der Waals surface area contributed by atoms with Crippen molar-refractivity contribution in [1.29, 1.82) is 0 Å². The average Bonchev–Trinajstić information content (AvgIpc) is 2.46. The molecule has 1 fully saturated rings. The van der Waals surface area contributed by atoms with Crippen molar-refractivity contribution in [3.05, 3.63) is 35.4 Å². The molecule has 1 saturated carbocycles. The molecule has 2 aliphatic rings. The van der Waals surface area contributed by atoms with Crippen LogP contribution >= 0.6 is 0 Å². The van der Waals surface area contributed by atoms with Gasteiger partial charge >= 0.3 is 5.97 Å². The van der Waals surface area contributed by atoms with Crippen LogP contribution in [0.15, 0.2) is 24.3 Å². The summed E-state index contributed by atoms with van der Waals surface area (Å²) in [6.45, 7) is 3.10. The minimum Gasteiger partial charge on any atom is -0.480 e. The van der Waals surface area contributed by atoms with Crippen LogP contribution in [-0.4, -0.2) is 28.1 Å². The van der Waals surface area contributed by atoms with E-state index in [2.05, 4.69) is 30.0 Å². The van der Waals surface area contributed by atoms with Crippen LogP contribution in [0.2, 0.25) is 0 Å². The van der Waals surface area contributed by atoms with Crippen molar-refractivity contribution in [1.82, 2.24) is 4.90 Å². The number of hydrogen-bond acceptors (Lipinski definition) is 2. The Bertz CT molecular complexity index is 492. The molecule has 1 aliphatic heterocycles. The topological polar surface area (TPSA) is 40.5 Å². The quantitative estimate of drug-likeness (QED) is 0.900. The van der Waals surface area contributed by atoms with Crippen LogP contribution in [0.4, 0.5) is 0 Å². The van der Waals surface area contributed by atoms with E-state index in [1.165, 1.54) is 24.0 Å². The van der Waals surface area contributed by atoms with Crippen LogP contribution < -0.4 is 0 Å². The van der Waals surface area contributed by atoms with E-state index in [0.717, 1.165) is 25.3 Å². The highest BCUT2D eigenvalue weighted by Gasteiger charge is 2.36. The van der Waals surface area contributed by atoms with Gasteiger partial charge in [-0.1, -0.05) is 31.2 Å². The maximum Gasteiger partial charge on any atom is 0.321 e. The van der Waals surface area contributed by atoms with Crippen molar-refractivity contribution in [2.45, 2.75) is 57.7 Å². The number of hydrogen-bond donors (Lipinski definition) is 1. The number of carbonyl (C=O) groups is 1. The Kier molecular flexibility index (Phi) is 3.79. The van der Waals surface area contributed by atoms with Crippen molar-refractivity contribution < 1.29 is 9.90 Å². The first kappa shape index (κ1) is 13.6. The Morgan fingerprint density at radius 2 is 1.80 bits per heavy atom. The Balaban J connectivity index is 1.83. The Morgan fingerprint density at radius 3 is 2.45 bits per heavy atom. The molecule has 3 heteroatoms. The summed E-state index contributed by atoms with van der Waals surface area (Å²) in [5.41, 5.74) is 2.52. The van der Waals surface area contributed by atoms with E-state index in [0.29, 0.717) is 12.5 Å². The van der Waals surface area contributed by atoms with Crippen LogP contribution in [-0.2, 0) is 17.8 Å². The Labute approximate surface area is 120 Å². The standard InChI is InChI=1S/C17H23NO2/c1-12-6-8-15(9-7-12)18-11-14-5-3-2-4-13(14)10-16(18)17(19)20/h2-5,12,15-16H,6-11H2,1H3,(H,19,20). The normalized spacial score (nSPS) is 30.8. The van der Waals surface area contributed by atoms with E-state index in [4.69, 9.17) is 0 Å². The van der Waals surface area contributed by atoms with Crippen LogP contribution in [0.5, 0.6) is 0 Å². The van der Waals surface area contributed by atoms with Gasteiger partial charge in [-0.05, 0) is 49.1 Å². The lowest BCUT2D eigenvalue weighted by molar-refractivity contribution is -0.145. The number of carboxylic acids is 1. The number of rotatable bonds is 2. The zero-order valence-electron chi connectivity index (χ0n) is 12.1. The third-order valence-electron chi connectivity index (χ3n) is 5.02. The molecule has 0 spiro atoms. The van der Waals surface area contributed by atoms with Gasteiger partial charge in [0.2, 0.25) is 0 Å². The first-order chi connectivity index (χ1) is 9.65. The summed E-state index contributed by atoms with van der Waals surface area (Å²) in [4.78, 5) is 13.9. The molecular formula is C17H23NO2. The second kappa shape index (κ2) is 5.57. The molecular weight excluding hydrogens is 250 g/mol. The van der Waals surface area contributed by atoms with Crippen molar-refractivity contribution >= 4 is 5.97 Å². The number of carboxylic acid groups (broad SMARTS) is 1. The van der Waals surface area contributed by atoms with Gasteiger partial charge in [-0.25, -0.2) is 0 Å². The van der Waals surface area contributed by atoms with E-state index in [1.54, 1.807) is 0 Å². The summed E-state index contributed by atoms with van der Waals surface area (Å²) in [5, 5.41) is 9.58. The van der Waals surface area contributed by atoms with Gasteiger partial charge in [0.25, 0.3) is 0 Å². The molecule has 0 bridgehead atoms. The Hall–Kier alpha value is -1.35. The SMILES string of the molecule is CC1CCC(N2Cc3ccccc3CC2C(=O)O)CC1. The van der Waals surface area contributed by atoms with Crippen molar-refractivity contribution in [2.75, 3.05) is 0 Å². The fraction of sp³-hybridized carbons (Fsp3) is 0.588. The molecule has 3 rings (SSSR count). The second-order valence-corrected chi connectivity index (χ2v) is 6.41. The van der Waals surface area contributed by atoms with Gasteiger partial charge in [-0.3, -0.25) is 9.69 Å². The molecule has 0 amide bonds. The summed E-state index contributed by atoms with van der Waals surface area (Å²) in [6.07, 6.45) is 5.40. The van der Waals surface area contributed by atoms with Gasteiger partial charge in [0.05, 0.1) is 0 Å². The van der Waals surface area contributed by atoms with Crippen molar-refractivity contribution in [2.24, 2.45) is 5.92 Å². The van der Waals surface area contributed by atoms with Gasteiger partial charge in [-0.2, -0.15) is 0 Å². The fourth-order valence-electron chi connectivity index (χ4n) is 3.73. The molecule has 0 radical (unpaired) electrons. The molecule has 1 unspecified atom stereocenters. The molecule has 20 heavy (non-hydrogen) atoms. The maximum absolute atomic E-state index is 11.6. The summed E-state index contributed by atoms with van der Waals surface area (Å²) < 4.78 is 0. The molecule has 3 nitrogen and oxygen atoms in total. The smallest absolute Gasteiger partial charge is 0.321 e. The monoisotopic (exact) mass is 273 g/mol. The number of nitrogens with zero attached hydrogens (tertiary/aromatic N) is 1. The molecule has 1 N–H and O–H groups in total. The summed E-state index contributed by atoms with van der Waals surface area (Å²) >= 11 is 0. The van der Waals surface area contributed by atoms with Crippen molar-refractivity contribution in [3.8, 4) is 0 Å². The molecule has 1 heterocycles. The molecule has 1 atom stereocenters. The van der Waals surface area contributed by atoms with E-state index >= 15 is 0 Å². The Morgan fingerprint density at radius 1 is 1.15 bits per heavy atom. The molecule has 0 aromatic heterocycles.